The van der Waals surface area contributed by atoms with Crippen LogP contribution >= 0.6 is 0 Å². The highest BCUT2D eigenvalue weighted by molar-refractivity contribution is 7.89. The topological polar surface area (TPSA) is 127 Å². The van der Waals surface area contributed by atoms with Gasteiger partial charge in [-0.05, 0) is 19.1 Å². The van der Waals surface area contributed by atoms with Gasteiger partial charge in [0, 0.05) is 0 Å². The maximum atomic E-state index is 13.3. The van der Waals surface area contributed by atoms with E-state index in [1.165, 1.54) is 19.1 Å². The van der Waals surface area contributed by atoms with E-state index in [0.29, 0.717) is 0 Å². The number of nitrogen functional groups attached to an aromatic ring is 1. The molecule has 1 atom stereocenters. The molecule has 2 aromatic rings. The molecular formula is C9H11FN6O2S. The third-order valence-electron chi connectivity index (χ3n) is 2.38. The lowest BCUT2D eigenvalue weighted by molar-refractivity contribution is 0.558. The molecule has 0 radical (unpaired) electrons. The van der Waals surface area contributed by atoms with Crippen LogP contribution in [0, 0.1) is 5.82 Å². The number of hydrogen-bond acceptors (Lipinski definition) is 6. The van der Waals surface area contributed by atoms with E-state index in [-0.39, 0.29) is 10.7 Å². The molecule has 0 amide bonds. The molecule has 0 saturated carbocycles. The van der Waals surface area contributed by atoms with E-state index in [2.05, 4.69) is 25.3 Å². The molecule has 1 aromatic heterocycles. The number of rotatable bonds is 4. The Bertz CT molecular complexity index is 672. The lowest BCUT2D eigenvalue weighted by atomic mass is 10.3. The summed E-state index contributed by atoms with van der Waals surface area (Å²) in [6.45, 7) is 1.53. The normalized spacial score (nSPS) is 13.4. The van der Waals surface area contributed by atoms with Crippen molar-refractivity contribution in [1.29, 1.82) is 0 Å². The summed E-state index contributed by atoms with van der Waals surface area (Å²) in [6, 6.07) is 2.83. The van der Waals surface area contributed by atoms with Crippen molar-refractivity contribution >= 4 is 15.7 Å². The molecule has 19 heavy (non-hydrogen) atoms. The number of anilines is 1. The van der Waals surface area contributed by atoms with Crippen molar-refractivity contribution < 1.29 is 12.8 Å². The zero-order valence-electron chi connectivity index (χ0n) is 9.83. The SMILES string of the molecule is CC(NS(=O)(=O)c1cccc(F)c1N)c1nn[nH]n1. The minimum atomic E-state index is -3.98. The second-order valence-electron chi connectivity index (χ2n) is 3.76. The minimum Gasteiger partial charge on any atom is -0.395 e. The fraction of sp³-hybridized carbons (Fsp3) is 0.222. The second-order valence-corrected chi connectivity index (χ2v) is 5.45. The van der Waals surface area contributed by atoms with E-state index in [9.17, 15) is 12.8 Å². The van der Waals surface area contributed by atoms with Crippen molar-refractivity contribution in [2.75, 3.05) is 5.73 Å². The standard InChI is InChI=1S/C9H11FN6O2S/c1-5(9-12-15-16-13-9)14-19(17,18)7-4-2-3-6(10)8(7)11/h2-5,14H,11H2,1H3,(H,12,13,15,16). The first-order chi connectivity index (χ1) is 8.92. The van der Waals surface area contributed by atoms with Crippen LogP contribution in [0.3, 0.4) is 0 Å². The first-order valence-electron chi connectivity index (χ1n) is 5.21. The summed E-state index contributed by atoms with van der Waals surface area (Å²) >= 11 is 0. The summed E-state index contributed by atoms with van der Waals surface area (Å²) in [4.78, 5) is -0.331. The molecule has 1 aromatic carbocycles. The molecule has 0 aliphatic heterocycles. The lowest BCUT2D eigenvalue weighted by Gasteiger charge is -2.12. The van der Waals surface area contributed by atoms with Crippen LogP contribution < -0.4 is 10.5 Å². The smallest absolute Gasteiger partial charge is 0.243 e. The molecule has 0 aliphatic rings. The van der Waals surface area contributed by atoms with Gasteiger partial charge in [0.05, 0.1) is 11.7 Å². The summed E-state index contributed by atoms with van der Waals surface area (Å²) in [7, 11) is -3.98. The number of tetrazole rings is 1. The number of H-pyrrole nitrogens is 1. The lowest BCUT2D eigenvalue weighted by Crippen LogP contribution is -2.28. The van der Waals surface area contributed by atoms with Crippen LogP contribution in [0.5, 0.6) is 0 Å². The van der Waals surface area contributed by atoms with Crippen molar-refractivity contribution in [3.63, 3.8) is 0 Å². The minimum absolute atomic E-state index is 0.165. The van der Waals surface area contributed by atoms with Gasteiger partial charge in [0.2, 0.25) is 10.0 Å². The van der Waals surface area contributed by atoms with Gasteiger partial charge in [0.25, 0.3) is 0 Å². The molecule has 0 bridgehead atoms. The average molecular weight is 286 g/mol. The maximum Gasteiger partial charge on any atom is 0.243 e. The molecule has 2 rings (SSSR count). The van der Waals surface area contributed by atoms with Crippen molar-refractivity contribution in [3.05, 3.63) is 29.8 Å². The Balaban J connectivity index is 2.31. The Labute approximate surface area is 108 Å². The number of benzene rings is 1. The van der Waals surface area contributed by atoms with Crippen LogP contribution in [-0.2, 0) is 10.0 Å². The molecule has 102 valence electrons. The third kappa shape index (κ3) is 2.69. The quantitative estimate of drug-likeness (QED) is 0.677. The van der Waals surface area contributed by atoms with E-state index in [4.69, 9.17) is 5.73 Å². The molecular weight excluding hydrogens is 275 g/mol. The highest BCUT2D eigenvalue weighted by atomic mass is 32.2. The molecule has 10 heteroatoms. The molecule has 0 spiro atoms. The highest BCUT2D eigenvalue weighted by Crippen LogP contribution is 2.22. The number of halogens is 1. The molecule has 0 fully saturated rings. The van der Waals surface area contributed by atoms with Crippen molar-refractivity contribution in [3.8, 4) is 0 Å². The van der Waals surface area contributed by atoms with Crippen molar-refractivity contribution in [2.45, 2.75) is 17.9 Å². The van der Waals surface area contributed by atoms with Gasteiger partial charge in [-0.25, -0.2) is 17.5 Å². The van der Waals surface area contributed by atoms with Gasteiger partial charge in [-0.2, -0.15) is 5.21 Å². The molecule has 4 N–H and O–H groups in total. The van der Waals surface area contributed by atoms with Crippen LogP contribution in [0.15, 0.2) is 23.1 Å². The van der Waals surface area contributed by atoms with E-state index < -0.39 is 27.6 Å². The summed E-state index contributed by atoms with van der Waals surface area (Å²) in [5.74, 6) is -0.631. The number of nitrogens with zero attached hydrogens (tertiary/aromatic N) is 3. The van der Waals surface area contributed by atoms with E-state index in [1.807, 2.05) is 0 Å². The molecule has 1 unspecified atom stereocenters. The van der Waals surface area contributed by atoms with Crippen LogP contribution in [0.2, 0.25) is 0 Å². The molecule has 0 aliphatic carbocycles. The molecule has 0 saturated heterocycles. The number of para-hydroxylation sites is 1. The first-order valence-corrected chi connectivity index (χ1v) is 6.70. The predicted molar refractivity (Wildman–Crippen MR) is 63.7 cm³/mol. The molecule has 8 nitrogen and oxygen atoms in total. The van der Waals surface area contributed by atoms with Gasteiger partial charge in [-0.1, -0.05) is 11.3 Å². The van der Waals surface area contributed by atoms with E-state index >= 15 is 0 Å². The average Bonchev–Trinajstić information content (AvgIpc) is 2.85. The Kier molecular flexibility index (Phi) is 3.44. The van der Waals surface area contributed by atoms with Crippen LogP contribution in [0.4, 0.5) is 10.1 Å². The van der Waals surface area contributed by atoms with Crippen LogP contribution in [0.25, 0.3) is 0 Å². The van der Waals surface area contributed by atoms with Gasteiger partial charge >= 0.3 is 0 Å². The Hall–Kier alpha value is -2.07. The highest BCUT2D eigenvalue weighted by Gasteiger charge is 2.23. The number of sulfonamides is 1. The van der Waals surface area contributed by atoms with Gasteiger partial charge < -0.3 is 5.73 Å². The summed E-state index contributed by atoms with van der Waals surface area (Å²) in [5, 5.41) is 12.8. The predicted octanol–water partition coefficient (Wildman–Crippen LogP) is -0.0395. The van der Waals surface area contributed by atoms with Crippen LogP contribution in [0.1, 0.15) is 18.8 Å². The van der Waals surface area contributed by atoms with Gasteiger partial charge in [0.15, 0.2) is 5.82 Å². The van der Waals surface area contributed by atoms with Crippen LogP contribution in [-0.4, -0.2) is 29.0 Å². The van der Waals surface area contributed by atoms with Crippen molar-refractivity contribution in [2.24, 2.45) is 0 Å². The number of aromatic amines is 1. The Morgan fingerprint density at radius 1 is 1.47 bits per heavy atom. The number of hydrogen-bond donors (Lipinski definition) is 3. The second kappa shape index (κ2) is 4.90. The van der Waals surface area contributed by atoms with Gasteiger partial charge in [-0.3, -0.25) is 0 Å². The third-order valence-corrected chi connectivity index (χ3v) is 3.98. The number of aromatic nitrogens is 4. The van der Waals surface area contributed by atoms with Gasteiger partial charge in [-0.15, -0.1) is 10.2 Å². The van der Waals surface area contributed by atoms with Crippen molar-refractivity contribution in [1.82, 2.24) is 25.3 Å². The Morgan fingerprint density at radius 3 is 2.84 bits per heavy atom. The van der Waals surface area contributed by atoms with E-state index in [0.717, 1.165) is 6.07 Å². The number of nitrogens with one attached hydrogen (secondary N) is 2. The molecule has 1 heterocycles. The largest absolute Gasteiger partial charge is 0.395 e. The summed E-state index contributed by atoms with van der Waals surface area (Å²) in [5.41, 5.74) is 4.98. The summed E-state index contributed by atoms with van der Waals surface area (Å²) in [6.07, 6.45) is 0. The van der Waals surface area contributed by atoms with E-state index in [1.54, 1.807) is 0 Å². The maximum absolute atomic E-state index is 13.3. The zero-order valence-corrected chi connectivity index (χ0v) is 10.6. The zero-order chi connectivity index (χ0) is 14.0. The fourth-order valence-electron chi connectivity index (χ4n) is 1.45. The van der Waals surface area contributed by atoms with Gasteiger partial charge in [0.1, 0.15) is 10.7 Å². The monoisotopic (exact) mass is 286 g/mol. The Morgan fingerprint density at radius 2 is 2.21 bits per heavy atom. The summed E-state index contributed by atoms with van der Waals surface area (Å²) < 4.78 is 39.7. The number of nitrogens with two attached hydrogens (primary N) is 1. The first kappa shape index (κ1) is 13.4. The fourth-order valence-corrected chi connectivity index (χ4v) is 2.80.